The maximum atomic E-state index is 13.6. The summed E-state index contributed by atoms with van der Waals surface area (Å²) in [5.74, 6) is -60.8. The Balaban J connectivity index is 6.71. The van der Waals surface area contributed by atoms with Gasteiger partial charge in [0.1, 0.15) is 0 Å². The predicted octanol–water partition coefficient (Wildman–Crippen LogP) is 7.49. The molecule has 2 nitrogen and oxygen atoms in total. The first kappa shape index (κ1) is 33.9. The van der Waals surface area contributed by atoms with Crippen LogP contribution in [0.1, 0.15) is 19.8 Å². The van der Waals surface area contributed by atoms with Gasteiger partial charge in [0, 0.05) is 18.4 Å². The molecule has 0 N–H and O–H groups in total. The van der Waals surface area contributed by atoms with Gasteiger partial charge >= 0.3 is 59.7 Å². The van der Waals surface area contributed by atoms with Gasteiger partial charge in [-0.2, -0.15) is 83.4 Å². The third kappa shape index (κ3) is 5.14. The number of hydrogen-bond donors (Lipinski definition) is 0. The molecule has 0 aliphatic carbocycles. The third-order valence-corrected chi connectivity index (χ3v) is 4.09. The maximum Gasteiger partial charge on any atom is 0.473 e. The summed E-state index contributed by atoms with van der Waals surface area (Å²) in [6.45, 7) is 2.81. The summed E-state index contributed by atoms with van der Waals surface area (Å²) in [6.07, 6.45) is -19.8. The molecule has 214 valence electrons. The molecule has 0 fully saturated rings. The summed E-state index contributed by atoms with van der Waals surface area (Å²) in [7, 11) is 0. The van der Waals surface area contributed by atoms with Crippen molar-refractivity contribution in [2.75, 3.05) is 0 Å². The van der Waals surface area contributed by atoms with Gasteiger partial charge in [-0.3, -0.25) is 0 Å². The van der Waals surface area contributed by atoms with Crippen LogP contribution in [0.3, 0.4) is 0 Å². The molecule has 0 aromatic heterocycles. The van der Waals surface area contributed by atoms with Gasteiger partial charge < -0.3 is 4.74 Å². The third-order valence-electron chi connectivity index (χ3n) is 4.09. The van der Waals surface area contributed by atoms with Gasteiger partial charge in [0.05, 0.1) is 0 Å². The molecule has 0 atom stereocenters. The highest BCUT2D eigenvalue weighted by Gasteiger charge is 2.95. The Bertz CT molecular complexity index is 838. The highest BCUT2D eigenvalue weighted by Crippen LogP contribution is 2.64. The van der Waals surface area contributed by atoms with Crippen LogP contribution >= 0.6 is 0 Å². The second-order valence-corrected chi connectivity index (χ2v) is 6.95. The lowest BCUT2D eigenvalue weighted by Crippen LogP contribution is -2.75. The Morgan fingerprint density at radius 1 is 0.556 bits per heavy atom. The van der Waals surface area contributed by atoms with Crippen LogP contribution in [0.2, 0.25) is 0 Å². The van der Waals surface area contributed by atoms with Gasteiger partial charge in [-0.25, -0.2) is 4.79 Å². The quantitative estimate of drug-likeness (QED) is 0.144. The van der Waals surface area contributed by atoms with E-state index in [0.29, 0.717) is 6.92 Å². The van der Waals surface area contributed by atoms with Crippen molar-refractivity contribution in [2.45, 2.75) is 73.5 Å². The minimum atomic E-state index is -8.80. The topological polar surface area (TPSA) is 26.3 Å². The second-order valence-electron chi connectivity index (χ2n) is 6.95. The first-order valence-corrected chi connectivity index (χ1v) is 8.26. The zero-order valence-corrected chi connectivity index (χ0v) is 16.6. The molecule has 0 rings (SSSR count). The lowest BCUT2D eigenvalue weighted by Gasteiger charge is -2.43. The standard InChI is InChI=1S/C15H9F19O2/c1-5(2)6(35)36-15(33,34)14(31,32)13(29,30)12(27,28)11(25,26)10(23,24)9(21,22)7(16,17)3-4-8(18,19)20/h1,3-4H2,2H3. The minimum Gasteiger partial charge on any atom is -0.393 e. The Morgan fingerprint density at radius 3 is 1.17 bits per heavy atom. The van der Waals surface area contributed by atoms with Crippen LogP contribution in [-0.4, -0.2) is 59.7 Å². The van der Waals surface area contributed by atoms with Crippen LogP contribution in [0.25, 0.3) is 0 Å². The van der Waals surface area contributed by atoms with E-state index in [-0.39, 0.29) is 0 Å². The van der Waals surface area contributed by atoms with Crippen LogP contribution in [0.5, 0.6) is 0 Å². The number of ether oxygens (including phenoxy) is 1. The maximum absolute atomic E-state index is 13.6. The van der Waals surface area contributed by atoms with Crippen molar-refractivity contribution in [3.05, 3.63) is 12.2 Å². The highest BCUT2D eigenvalue weighted by atomic mass is 19.4. The van der Waals surface area contributed by atoms with Crippen LogP contribution in [-0.2, 0) is 9.53 Å². The largest absolute Gasteiger partial charge is 0.473 e. The van der Waals surface area contributed by atoms with Gasteiger partial charge in [0.25, 0.3) is 0 Å². The highest BCUT2D eigenvalue weighted by molar-refractivity contribution is 5.87. The van der Waals surface area contributed by atoms with Crippen molar-refractivity contribution in [3.63, 3.8) is 0 Å². The SMILES string of the molecule is C=C(C)C(=O)OC(F)(F)C(F)(F)C(F)(F)C(F)(F)C(F)(F)C(F)(F)C(F)(F)C(F)(F)CCC(F)(F)F. The van der Waals surface area contributed by atoms with E-state index in [1.54, 1.807) is 0 Å². The second kappa shape index (κ2) is 9.02. The normalized spacial score (nSPS) is 15.7. The molecule has 0 aromatic carbocycles. The van der Waals surface area contributed by atoms with Gasteiger partial charge in [-0.05, 0) is 6.92 Å². The van der Waals surface area contributed by atoms with Crippen LogP contribution < -0.4 is 0 Å². The predicted molar refractivity (Wildman–Crippen MR) is 75.8 cm³/mol. The zero-order valence-electron chi connectivity index (χ0n) is 16.6. The average molecular weight is 582 g/mol. The Kier molecular flexibility index (Phi) is 8.49. The number of halogens is 19. The Hall–Kier alpha value is -2.12. The summed E-state index contributed by atoms with van der Waals surface area (Å²) >= 11 is 0. The molecule has 0 amide bonds. The smallest absolute Gasteiger partial charge is 0.393 e. The van der Waals surface area contributed by atoms with E-state index < -0.39 is 78.1 Å². The molecular formula is C15H9F19O2. The van der Waals surface area contributed by atoms with E-state index in [2.05, 4.69) is 11.3 Å². The average Bonchev–Trinajstić information content (AvgIpc) is 2.64. The number of carbonyl (C=O) groups is 1. The first-order valence-electron chi connectivity index (χ1n) is 8.26. The van der Waals surface area contributed by atoms with Crippen molar-refractivity contribution in [2.24, 2.45) is 0 Å². The number of rotatable bonds is 11. The number of esters is 1. The van der Waals surface area contributed by atoms with E-state index in [9.17, 15) is 88.2 Å². The molecule has 0 aliphatic rings. The summed E-state index contributed by atoms with van der Waals surface area (Å²) in [5, 5.41) is 0. The lowest BCUT2D eigenvalue weighted by atomic mass is 9.88. The molecule has 0 heterocycles. The molecule has 0 bridgehead atoms. The molecule has 0 radical (unpaired) electrons. The van der Waals surface area contributed by atoms with Crippen LogP contribution in [0.4, 0.5) is 83.4 Å². The van der Waals surface area contributed by atoms with Crippen LogP contribution in [0.15, 0.2) is 12.2 Å². The van der Waals surface area contributed by atoms with Gasteiger partial charge in [0.2, 0.25) is 0 Å². The summed E-state index contributed by atoms with van der Waals surface area (Å²) < 4.78 is 253. The summed E-state index contributed by atoms with van der Waals surface area (Å²) in [6, 6.07) is 0. The number of carbonyl (C=O) groups excluding carboxylic acids is 1. The molecular weight excluding hydrogens is 573 g/mol. The zero-order chi connectivity index (χ0) is 29.8. The lowest BCUT2D eigenvalue weighted by molar-refractivity contribution is -0.468. The fourth-order valence-corrected chi connectivity index (χ4v) is 1.92. The van der Waals surface area contributed by atoms with E-state index in [1.165, 1.54) is 0 Å². The molecule has 0 saturated carbocycles. The molecule has 0 saturated heterocycles. The van der Waals surface area contributed by atoms with Crippen molar-refractivity contribution in [1.82, 2.24) is 0 Å². The molecule has 0 spiro atoms. The van der Waals surface area contributed by atoms with Crippen molar-refractivity contribution in [1.29, 1.82) is 0 Å². The van der Waals surface area contributed by atoms with Gasteiger partial charge in [-0.1, -0.05) is 6.58 Å². The number of hydrogen-bond acceptors (Lipinski definition) is 2. The fraction of sp³-hybridized carbons (Fsp3) is 0.800. The van der Waals surface area contributed by atoms with Gasteiger partial charge in [-0.15, -0.1) is 0 Å². The number of alkyl halides is 19. The first-order chi connectivity index (χ1) is 15.3. The van der Waals surface area contributed by atoms with Crippen molar-refractivity contribution >= 4 is 5.97 Å². The monoisotopic (exact) mass is 582 g/mol. The van der Waals surface area contributed by atoms with Crippen molar-refractivity contribution in [3.8, 4) is 0 Å². The van der Waals surface area contributed by atoms with E-state index >= 15 is 0 Å². The molecule has 0 unspecified atom stereocenters. The van der Waals surface area contributed by atoms with E-state index in [0.717, 1.165) is 0 Å². The van der Waals surface area contributed by atoms with E-state index in [4.69, 9.17) is 0 Å². The summed E-state index contributed by atoms with van der Waals surface area (Å²) in [5.41, 5.74) is -1.34. The van der Waals surface area contributed by atoms with E-state index in [1.807, 2.05) is 0 Å². The van der Waals surface area contributed by atoms with Crippen molar-refractivity contribution < 1.29 is 92.9 Å². The summed E-state index contributed by atoms with van der Waals surface area (Å²) in [4.78, 5) is 10.8. The Morgan fingerprint density at radius 2 is 0.861 bits per heavy atom. The molecule has 0 aromatic rings. The Labute approximate surface area is 186 Å². The molecule has 36 heavy (non-hydrogen) atoms. The molecule has 0 aliphatic heterocycles. The molecule has 21 heteroatoms. The fourth-order valence-electron chi connectivity index (χ4n) is 1.92. The van der Waals surface area contributed by atoms with Crippen LogP contribution in [0, 0.1) is 0 Å². The van der Waals surface area contributed by atoms with Gasteiger partial charge in [0.15, 0.2) is 0 Å². The minimum absolute atomic E-state index is 0.360.